The van der Waals surface area contributed by atoms with Crippen LogP contribution in [0.3, 0.4) is 0 Å². The molecule has 3 aromatic rings. The van der Waals surface area contributed by atoms with Gasteiger partial charge in [0.2, 0.25) is 0 Å². The number of methoxy groups -OCH3 is 1. The number of benzene rings is 2. The highest BCUT2D eigenvalue weighted by Crippen LogP contribution is 2.21. The zero-order valence-electron chi connectivity index (χ0n) is 11.5. The fraction of sp³-hybridized carbons (Fsp3) is 0.118. The number of hydrogen-bond acceptors (Lipinski definition) is 2. The molecule has 0 saturated heterocycles. The van der Waals surface area contributed by atoms with E-state index >= 15 is 0 Å². The summed E-state index contributed by atoms with van der Waals surface area (Å²) in [4.78, 5) is 10.8. The second-order valence-electron chi connectivity index (χ2n) is 4.85. The van der Waals surface area contributed by atoms with E-state index in [2.05, 4.69) is 0 Å². The molecule has 0 saturated carbocycles. The Balaban J connectivity index is 1.94. The molecule has 0 aliphatic heterocycles. The van der Waals surface area contributed by atoms with Crippen molar-refractivity contribution in [2.75, 3.05) is 7.11 Å². The zero-order valence-corrected chi connectivity index (χ0v) is 11.5. The highest BCUT2D eigenvalue weighted by Gasteiger charge is 2.06. The first-order chi connectivity index (χ1) is 10.2. The quantitative estimate of drug-likeness (QED) is 0.684. The summed E-state index contributed by atoms with van der Waals surface area (Å²) in [6.45, 7) is 0.560. The predicted molar refractivity (Wildman–Crippen MR) is 79.4 cm³/mol. The largest absolute Gasteiger partial charge is 0.494 e. The number of halogens is 1. The molecule has 106 valence electrons. The predicted octanol–water partition coefficient (Wildman–Crippen LogP) is 3.65. The lowest BCUT2D eigenvalue weighted by Gasteiger charge is -2.08. The van der Waals surface area contributed by atoms with Gasteiger partial charge in [0.25, 0.3) is 0 Å². The Morgan fingerprint density at radius 1 is 1.19 bits per heavy atom. The van der Waals surface area contributed by atoms with Gasteiger partial charge in [0.15, 0.2) is 11.6 Å². The Bertz CT molecular complexity index is 808. The third-order valence-corrected chi connectivity index (χ3v) is 3.50. The number of fused-ring (bicyclic) bond motifs is 1. The number of aldehydes is 1. The van der Waals surface area contributed by atoms with Crippen LogP contribution in [0.5, 0.6) is 5.75 Å². The van der Waals surface area contributed by atoms with Gasteiger partial charge in [0.05, 0.1) is 7.11 Å². The summed E-state index contributed by atoms with van der Waals surface area (Å²) in [5.41, 5.74) is 2.51. The van der Waals surface area contributed by atoms with Crippen LogP contribution >= 0.6 is 0 Å². The van der Waals surface area contributed by atoms with E-state index in [1.165, 1.54) is 13.2 Å². The summed E-state index contributed by atoms with van der Waals surface area (Å²) >= 11 is 0. The van der Waals surface area contributed by atoms with Crippen LogP contribution in [-0.4, -0.2) is 18.0 Å². The van der Waals surface area contributed by atoms with Crippen molar-refractivity contribution in [3.05, 3.63) is 65.6 Å². The molecule has 1 heterocycles. The Kier molecular flexibility index (Phi) is 3.44. The molecule has 21 heavy (non-hydrogen) atoms. The molecular weight excluding hydrogens is 269 g/mol. The van der Waals surface area contributed by atoms with E-state index in [-0.39, 0.29) is 11.6 Å². The first-order valence-corrected chi connectivity index (χ1v) is 6.58. The number of nitrogens with zero attached hydrogens (tertiary/aromatic N) is 1. The highest BCUT2D eigenvalue weighted by atomic mass is 19.1. The van der Waals surface area contributed by atoms with Gasteiger partial charge in [-0.15, -0.1) is 0 Å². The van der Waals surface area contributed by atoms with Crippen LogP contribution in [0.15, 0.2) is 48.7 Å². The van der Waals surface area contributed by atoms with Crippen LogP contribution in [-0.2, 0) is 6.54 Å². The van der Waals surface area contributed by atoms with E-state index in [4.69, 9.17) is 4.74 Å². The number of ether oxygens (including phenoxy) is 1. The molecule has 0 bridgehead atoms. The van der Waals surface area contributed by atoms with Crippen LogP contribution in [0.1, 0.15) is 15.9 Å². The Hall–Kier alpha value is -2.62. The van der Waals surface area contributed by atoms with Crippen molar-refractivity contribution in [3.63, 3.8) is 0 Å². The number of carbonyl (C=O) groups is 1. The fourth-order valence-electron chi connectivity index (χ4n) is 2.43. The number of rotatable bonds is 4. The molecule has 0 N–H and O–H groups in total. The van der Waals surface area contributed by atoms with Crippen molar-refractivity contribution in [1.29, 1.82) is 0 Å². The number of aromatic nitrogens is 1. The summed E-state index contributed by atoms with van der Waals surface area (Å²) in [7, 11) is 1.45. The lowest BCUT2D eigenvalue weighted by Crippen LogP contribution is -1.99. The molecule has 3 nitrogen and oxygen atoms in total. The minimum Gasteiger partial charge on any atom is -0.494 e. The van der Waals surface area contributed by atoms with Crippen molar-refractivity contribution >= 4 is 17.2 Å². The second-order valence-corrected chi connectivity index (χ2v) is 4.85. The first-order valence-electron chi connectivity index (χ1n) is 6.58. The van der Waals surface area contributed by atoms with Crippen molar-refractivity contribution in [2.45, 2.75) is 6.54 Å². The molecular formula is C17H14FNO2. The molecule has 1 aromatic heterocycles. The van der Waals surface area contributed by atoms with Gasteiger partial charge in [0, 0.05) is 29.2 Å². The molecule has 2 aromatic carbocycles. The van der Waals surface area contributed by atoms with Crippen LogP contribution in [0.2, 0.25) is 0 Å². The van der Waals surface area contributed by atoms with Crippen LogP contribution in [0, 0.1) is 5.82 Å². The lowest BCUT2D eigenvalue weighted by atomic mass is 10.1. The van der Waals surface area contributed by atoms with Gasteiger partial charge in [-0.05, 0) is 42.0 Å². The van der Waals surface area contributed by atoms with E-state index in [1.807, 2.05) is 35.0 Å². The maximum atomic E-state index is 13.7. The molecule has 0 aliphatic rings. The van der Waals surface area contributed by atoms with E-state index in [9.17, 15) is 9.18 Å². The first kappa shape index (κ1) is 13.4. The maximum absolute atomic E-state index is 13.7. The van der Waals surface area contributed by atoms with E-state index in [0.29, 0.717) is 12.1 Å². The Morgan fingerprint density at radius 3 is 2.76 bits per heavy atom. The third kappa shape index (κ3) is 2.52. The monoisotopic (exact) mass is 283 g/mol. The topological polar surface area (TPSA) is 31.2 Å². The minimum absolute atomic E-state index is 0.242. The Labute approximate surface area is 121 Å². The molecule has 0 spiro atoms. The normalized spacial score (nSPS) is 10.8. The molecule has 0 aliphatic carbocycles. The molecule has 3 rings (SSSR count). The third-order valence-electron chi connectivity index (χ3n) is 3.50. The van der Waals surface area contributed by atoms with Gasteiger partial charge in [-0.2, -0.15) is 0 Å². The number of hydrogen-bond donors (Lipinski definition) is 0. The minimum atomic E-state index is -0.366. The zero-order chi connectivity index (χ0) is 14.8. The molecule has 0 unspecified atom stereocenters. The summed E-state index contributed by atoms with van der Waals surface area (Å²) in [5, 5.41) is 0.994. The number of carbonyl (C=O) groups excluding carboxylic acids is 1. The highest BCUT2D eigenvalue weighted by molar-refractivity contribution is 5.87. The SMILES string of the molecule is COc1ccc(Cn2ccc3cc(C=O)ccc32)cc1F. The summed E-state index contributed by atoms with van der Waals surface area (Å²) in [6.07, 6.45) is 2.76. The van der Waals surface area contributed by atoms with Gasteiger partial charge in [0.1, 0.15) is 6.29 Å². The smallest absolute Gasteiger partial charge is 0.165 e. The fourth-order valence-corrected chi connectivity index (χ4v) is 2.43. The lowest BCUT2D eigenvalue weighted by molar-refractivity contribution is 0.112. The average molecular weight is 283 g/mol. The van der Waals surface area contributed by atoms with Gasteiger partial charge in [-0.1, -0.05) is 6.07 Å². The standard InChI is InChI=1S/C17H14FNO2/c1-21-17-5-3-12(9-15(17)18)10-19-7-6-14-8-13(11-20)2-4-16(14)19/h2-9,11H,10H2,1H3. The molecule has 0 amide bonds. The van der Waals surface area contributed by atoms with Gasteiger partial charge < -0.3 is 9.30 Å². The summed E-state index contributed by atoms with van der Waals surface area (Å²) in [5.74, 6) is -0.124. The Morgan fingerprint density at radius 2 is 2.05 bits per heavy atom. The summed E-state index contributed by atoms with van der Waals surface area (Å²) in [6, 6.07) is 12.4. The molecule has 0 fully saturated rings. The maximum Gasteiger partial charge on any atom is 0.165 e. The van der Waals surface area contributed by atoms with Gasteiger partial charge in [-0.25, -0.2) is 4.39 Å². The van der Waals surface area contributed by atoms with E-state index in [0.717, 1.165) is 22.8 Å². The van der Waals surface area contributed by atoms with Gasteiger partial charge in [-0.3, -0.25) is 4.79 Å². The molecule has 0 atom stereocenters. The second kappa shape index (κ2) is 5.40. The molecule has 0 radical (unpaired) electrons. The van der Waals surface area contributed by atoms with Crippen molar-refractivity contribution in [2.24, 2.45) is 0 Å². The average Bonchev–Trinajstić information content (AvgIpc) is 2.89. The van der Waals surface area contributed by atoms with Crippen LogP contribution < -0.4 is 4.74 Å². The van der Waals surface area contributed by atoms with Crippen molar-refractivity contribution in [1.82, 2.24) is 4.57 Å². The molecule has 4 heteroatoms. The summed E-state index contributed by atoms with van der Waals surface area (Å²) < 4.78 is 20.7. The van der Waals surface area contributed by atoms with E-state index < -0.39 is 0 Å². The van der Waals surface area contributed by atoms with Gasteiger partial charge >= 0.3 is 0 Å². The van der Waals surface area contributed by atoms with Crippen molar-refractivity contribution in [3.8, 4) is 5.75 Å². The van der Waals surface area contributed by atoms with Crippen molar-refractivity contribution < 1.29 is 13.9 Å². The van der Waals surface area contributed by atoms with Crippen LogP contribution in [0.4, 0.5) is 4.39 Å². The van der Waals surface area contributed by atoms with Crippen LogP contribution in [0.25, 0.3) is 10.9 Å². The van der Waals surface area contributed by atoms with E-state index in [1.54, 1.807) is 12.1 Å².